The van der Waals surface area contributed by atoms with Crippen LogP contribution in [-0.2, 0) is 11.3 Å². The number of hydrogen-bond acceptors (Lipinski definition) is 2. The van der Waals surface area contributed by atoms with Crippen molar-refractivity contribution >= 4 is 23.5 Å². The van der Waals surface area contributed by atoms with Crippen LogP contribution in [0.4, 0.5) is 0 Å². The van der Waals surface area contributed by atoms with Crippen molar-refractivity contribution in [3.63, 3.8) is 0 Å². The molecule has 0 saturated carbocycles. The number of halogens is 1. The molecular weight excluding hydrogens is 324 g/mol. The van der Waals surface area contributed by atoms with Crippen molar-refractivity contribution in [1.82, 2.24) is 15.5 Å². The first-order chi connectivity index (χ1) is 11.7. The highest BCUT2D eigenvalue weighted by molar-refractivity contribution is 6.31. The summed E-state index contributed by atoms with van der Waals surface area (Å²) in [6, 6.07) is 8.08. The number of nitrogens with zero attached hydrogens (tertiary/aromatic N) is 2. The van der Waals surface area contributed by atoms with Gasteiger partial charge in [-0.15, -0.1) is 0 Å². The molecule has 1 aromatic carbocycles. The Morgan fingerprint density at radius 1 is 1.38 bits per heavy atom. The van der Waals surface area contributed by atoms with Gasteiger partial charge in [-0.25, -0.2) is 0 Å². The SMILES string of the molecule is CCC(CCNC(=NC)NCc1ccccc1Cl)N1CCCC1=O. The number of guanidine groups is 1. The third kappa shape index (κ3) is 5.13. The smallest absolute Gasteiger partial charge is 0.222 e. The molecule has 0 bridgehead atoms. The first kappa shape index (κ1) is 18.6. The van der Waals surface area contributed by atoms with Gasteiger partial charge in [0.25, 0.3) is 0 Å². The summed E-state index contributed by atoms with van der Waals surface area (Å²) < 4.78 is 0. The van der Waals surface area contributed by atoms with Crippen LogP contribution in [0.5, 0.6) is 0 Å². The number of benzene rings is 1. The van der Waals surface area contributed by atoms with Crippen molar-refractivity contribution in [3.05, 3.63) is 34.9 Å². The van der Waals surface area contributed by atoms with Gasteiger partial charge in [-0.3, -0.25) is 9.79 Å². The van der Waals surface area contributed by atoms with Gasteiger partial charge in [0.1, 0.15) is 0 Å². The third-order valence-corrected chi connectivity index (χ3v) is 4.79. The van der Waals surface area contributed by atoms with E-state index in [0.29, 0.717) is 24.9 Å². The molecule has 6 heteroatoms. The zero-order chi connectivity index (χ0) is 17.4. The van der Waals surface area contributed by atoms with E-state index < -0.39 is 0 Å². The fourth-order valence-corrected chi connectivity index (χ4v) is 3.24. The van der Waals surface area contributed by atoms with Gasteiger partial charge in [-0.2, -0.15) is 0 Å². The minimum absolute atomic E-state index is 0.295. The monoisotopic (exact) mass is 350 g/mol. The molecule has 5 nitrogen and oxygen atoms in total. The van der Waals surface area contributed by atoms with E-state index in [1.807, 2.05) is 29.2 Å². The Hall–Kier alpha value is -1.75. The zero-order valence-electron chi connectivity index (χ0n) is 14.5. The number of carbonyl (C=O) groups excluding carboxylic acids is 1. The summed E-state index contributed by atoms with van der Waals surface area (Å²) in [5, 5.41) is 7.34. The summed E-state index contributed by atoms with van der Waals surface area (Å²) in [5.41, 5.74) is 1.04. The lowest BCUT2D eigenvalue weighted by Crippen LogP contribution is -2.41. The quantitative estimate of drug-likeness (QED) is 0.587. The molecule has 1 atom stereocenters. The summed E-state index contributed by atoms with van der Waals surface area (Å²) in [6.45, 7) is 4.45. The van der Waals surface area contributed by atoms with Crippen LogP contribution in [0.1, 0.15) is 38.2 Å². The van der Waals surface area contributed by atoms with Crippen LogP contribution >= 0.6 is 11.6 Å². The van der Waals surface area contributed by atoms with Gasteiger partial charge in [-0.1, -0.05) is 36.7 Å². The van der Waals surface area contributed by atoms with E-state index in [1.54, 1.807) is 7.05 Å². The molecule has 1 unspecified atom stereocenters. The Kier molecular flexibility index (Phi) is 7.37. The summed E-state index contributed by atoms with van der Waals surface area (Å²) in [7, 11) is 1.75. The van der Waals surface area contributed by atoms with Crippen LogP contribution in [0.15, 0.2) is 29.3 Å². The van der Waals surface area contributed by atoms with E-state index in [4.69, 9.17) is 11.6 Å². The Bertz CT molecular complexity index is 576. The first-order valence-corrected chi connectivity index (χ1v) is 9.01. The maximum Gasteiger partial charge on any atom is 0.222 e. The van der Waals surface area contributed by atoms with Crippen molar-refractivity contribution in [3.8, 4) is 0 Å². The van der Waals surface area contributed by atoms with E-state index in [2.05, 4.69) is 22.5 Å². The molecule has 0 spiro atoms. The highest BCUT2D eigenvalue weighted by atomic mass is 35.5. The molecular formula is C18H27ClN4O. The lowest BCUT2D eigenvalue weighted by atomic mass is 10.1. The molecule has 1 aromatic rings. The molecule has 132 valence electrons. The van der Waals surface area contributed by atoms with Crippen LogP contribution in [0, 0.1) is 0 Å². The summed E-state index contributed by atoms with van der Waals surface area (Å²) in [4.78, 5) is 18.1. The van der Waals surface area contributed by atoms with Crippen molar-refractivity contribution in [1.29, 1.82) is 0 Å². The minimum Gasteiger partial charge on any atom is -0.356 e. The number of likely N-dealkylation sites (tertiary alicyclic amines) is 1. The lowest BCUT2D eigenvalue weighted by molar-refractivity contribution is -0.129. The Labute approximate surface area is 149 Å². The lowest BCUT2D eigenvalue weighted by Gasteiger charge is -2.27. The average molecular weight is 351 g/mol. The molecule has 2 N–H and O–H groups in total. The molecule has 24 heavy (non-hydrogen) atoms. The molecule has 2 rings (SSSR count). The van der Waals surface area contributed by atoms with Crippen LogP contribution in [0.25, 0.3) is 0 Å². The van der Waals surface area contributed by atoms with Crippen LogP contribution in [-0.4, -0.2) is 42.9 Å². The number of amides is 1. The van der Waals surface area contributed by atoms with E-state index >= 15 is 0 Å². The van der Waals surface area contributed by atoms with Gasteiger partial charge in [0, 0.05) is 44.2 Å². The van der Waals surface area contributed by atoms with E-state index in [9.17, 15) is 4.79 Å². The molecule has 0 radical (unpaired) electrons. The second-order valence-corrected chi connectivity index (χ2v) is 6.39. The zero-order valence-corrected chi connectivity index (χ0v) is 15.3. The van der Waals surface area contributed by atoms with E-state index in [-0.39, 0.29) is 0 Å². The molecule has 0 aromatic heterocycles. The average Bonchev–Trinajstić information content (AvgIpc) is 3.01. The number of nitrogens with one attached hydrogen (secondary N) is 2. The van der Waals surface area contributed by atoms with E-state index in [0.717, 1.165) is 48.9 Å². The molecule has 1 aliphatic rings. The number of hydrogen-bond donors (Lipinski definition) is 2. The number of aliphatic imine (C=N–C) groups is 1. The Morgan fingerprint density at radius 2 is 2.17 bits per heavy atom. The molecule has 1 saturated heterocycles. The van der Waals surface area contributed by atoms with Crippen LogP contribution < -0.4 is 10.6 Å². The highest BCUT2D eigenvalue weighted by Crippen LogP contribution is 2.17. The fourth-order valence-electron chi connectivity index (χ4n) is 3.03. The Balaban J connectivity index is 1.77. The van der Waals surface area contributed by atoms with Gasteiger partial charge < -0.3 is 15.5 Å². The Morgan fingerprint density at radius 3 is 2.79 bits per heavy atom. The van der Waals surface area contributed by atoms with Crippen molar-refractivity contribution in [2.75, 3.05) is 20.1 Å². The molecule has 1 fully saturated rings. The van der Waals surface area contributed by atoms with Crippen molar-refractivity contribution in [2.24, 2.45) is 4.99 Å². The predicted molar refractivity (Wildman–Crippen MR) is 99.3 cm³/mol. The molecule has 0 aliphatic carbocycles. The number of rotatable bonds is 7. The topological polar surface area (TPSA) is 56.7 Å². The predicted octanol–water partition coefficient (Wildman–Crippen LogP) is 2.80. The van der Waals surface area contributed by atoms with Crippen molar-refractivity contribution < 1.29 is 4.79 Å². The number of carbonyl (C=O) groups is 1. The standard InChI is InChI=1S/C18H27ClN4O/c1-3-15(23-12-6-9-17(23)24)10-11-21-18(20-2)22-13-14-7-4-5-8-16(14)19/h4-5,7-8,15H,3,6,9-13H2,1-2H3,(H2,20,21,22). The second-order valence-electron chi connectivity index (χ2n) is 5.99. The minimum atomic E-state index is 0.295. The maximum atomic E-state index is 11.9. The van der Waals surface area contributed by atoms with Crippen molar-refractivity contribution in [2.45, 2.75) is 45.2 Å². The van der Waals surface area contributed by atoms with Gasteiger partial charge in [-0.05, 0) is 30.9 Å². The fraction of sp³-hybridized carbons (Fsp3) is 0.556. The first-order valence-electron chi connectivity index (χ1n) is 8.63. The van der Waals surface area contributed by atoms with Gasteiger partial charge in [0.05, 0.1) is 0 Å². The largest absolute Gasteiger partial charge is 0.356 e. The molecule has 1 heterocycles. The van der Waals surface area contributed by atoms with Gasteiger partial charge in [0.15, 0.2) is 5.96 Å². The molecule has 1 amide bonds. The van der Waals surface area contributed by atoms with Gasteiger partial charge in [0.2, 0.25) is 5.91 Å². The third-order valence-electron chi connectivity index (χ3n) is 4.42. The van der Waals surface area contributed by atoms with E-state index in [1.165, 1.54) is 0 Å². The highest BCUT2D eigenvalue weighted by Gasteiger charge is 2.26. The van der Waals surface area contributed by atoms with Crippen LogP contribution in [0.2, 0.25) is 5.02 Å². The summed E-state index contributed by atoms with van der Waals surface area (Å²) in [6.07, 6.45) is 3.60. The maximum absolute atomic E-state index is 11.9. The normalized spacial score (nSPS) is 16.4. The summed E-state index contributed by atoms with van der Waals surface area (Å²) in [5.74, 6) is 1.04. The van der Waals surface area contributed by atoms with Crippen LogP contribution in [0.3, 0.4) is 0 Å². The molecule has 1 aliphatic heterocycles. The van der Waals surface area contributed by atoms with Gasteiger partial charge >= 0.3 is 0 Å². The second kappa shape index (κ2) is 9.52. The summed E-state index contributed by atoms with van der Waals surface area (Å²) >= 11 is 6.16.